The van der Waals surface area contributed by atoms with Gasteiger partial charge in [-0.25, -0.2) is 0 Å². The molecule has 1 heterocycles. The van der Waals surface area contributed by atoms with Gasteiger partial charge in [-0.15, -0.1) is 0 Å². The van der Waals surface area contributed by atoms with E-state index in [4.69, 9.17) is 0 Å². The third-order valence-corrected chi connectivity index (χ3v) is 11.8. The van der Waals surface area contributed by atoms with Crippen LogP contribution in [-0.4, -0.2) is 61.2 Å². The molecule has 0 aromatic heterocycles. The van der Waals surface area contributed by atoms with Crippen molar-refractivity contribution in [3.05, 3.63) is 0 Å². The average molecular weight is 314 g/mol. The Bertz CT molecular complexity index is 314. The Labute approximate surface area is 104 Å². The fraction of sp³-hybridized carbons (Fsp3) is 1.00. The van der Waals surface area contributed by atoms with Crippen LogP contribution in [0.4, 0.5) is 16.8 Å². The van der Waals surface area contributed by atoms with E-state index in [1.165, 1.54) is 28.2 Å². The van der Waals surface area contributed by atoms with Crippen LogP contribution in [0.2, 0.25) is 0 Å². The van der Waals surface area contributed by atoms with Crippen LogP contribution in [0.25, 0.3) is 0 Å². The second-order valence-corrected chi connectivity index (χ2v) is 11.3. The van der Waals surface area contributed by atoms with Crippen LogP contribution in [0, 0.1) is 0 Å². The second kappa shape index (κ2) is 3.93. The number of nitrogens with one attached hydrogen (secondary N) is 2. The van der Waals surface area contributed by atoms with Crippen molar-refractivity contribution < 1.29 is 16.8 Å². The van der Waals surface area contributed by atoms with E-state index in [-0.39, 0.29) is 8.88 Å². The minimum absolute atomic E-state index is 0.1000. The molecule has 12 heteroatoms. The van der Waals surface area contributed by atoms with Crippen molar-refractivity contribution in [3.63, 3.8) is 0 Å². The topological polar surface area (TPSA) is 37.0 Å². The number of hydrogen-bond donors (Lipinski definition) is 2. The number of hydrazine groups is 2. The van der Waals surface area contributed by atoms with Crippen molar-refractivity contribution in [2.45, 2.75) is 0 Å². The summed E-state index contributed by atoms with van der Waals surface area (Å²) in [5.41, 5.74) is 0. The average Bonchev–Trinajstić information content (AvgIpc) is 2.12. The third-order valence-electron chi connectivity index (χ3n) is 2.70. The Balaban J connectivity index is 3.15. The Morgan fingerprint density at radius 3 is 1.11 bits per heavy atom. The van der Waals surface area contributed by atoms with Crippen molar-refractivity contribution in [2.75, 3.05) is 42.3 Å². The van der Waals surface area contributed by atoms with E-state index in [1.54, 1.807) is 0 Å². The van der Waals surface area contributed by atoms with E-state index in [0.29, 0.717) is 0 Å². The van der Waals surface area contributed by atoms with Crippen LogP contribution in [-0.2, 0) is 0 Å². The molecule has 1 aliphatic rings. The normalized spacial score (nSPS) is 34.2. The maximum absolute atomic E-state index is 14.5. The number of rotatable bonds is 4. The second-order valence-electron chi connectivity index (χ2n) is 4.62. The van der Waals surface area contributed by atoms with Gasteiger partial charge < -0.3 is 0 Å². The van der Waals surface area contributed by atoms with E-state index in [1.807, 2.05) is 10.4 Å². The summed E-state index contributed by atoms with van der Waals surface area (Å²) in [7, 11) is -5.12. The van der Waals surface area contributed by atoms with Crippen molar-refractivity contribution >= 4 is 15.4 Å². The summed E-state index contributed by atoms with van der Waals surface area (Å²) in [4.78, 5) is 0. The van der Waals surface area contributed by atoms with Gasteiger partial charge in [0.25, 0.3) is 0 Å². The van der Waals surface area contributed by atoms with Crippen LogP contribution in [0.15, 0.2) is 0 Å². The molecule has 0 saturated carbocycles. The number of halogens is 4. The van der Waals surface area contributed by atoms with Gasteiger partial charge in [0.1, 0.15) is 0 Å². The van der Waals surface area contributed by atoms with Crippen LogP contribution in [0.1, 0.15) is 0 Å². The summed E-state index contributed by atoms with van der Waals surface area (Å²) in [5, 5.41) is 5.69. The summed E-state index contributed by atoms with van der Waals surface area (Å²) >= 11 is 0. The molecule has 0 atom stereocenters. The zero-order valence-corrected chi connectivity index (χ0v) is 13.0. The van der Waals surface area contributed by atoms with Gasteiger partial charge in [-0.1, -0.05) is 0 Å². The van der Waals surface area contributed by atoms with Gasteiger partial charge in [0.15, 0.2) is 0 Å². The SMILES string of the molecule is CN(C)NP1(F)(F)N(C)P(F)(F)(NN(C)C)N1C. The first-order chi connectivity index (χ1) is 7.73. The van der Waals surface area contributed by atoms with E-state index in [9.17, 15) is 16.8 Å². The molecule has 0 bridgehead atoms. The summed E-state index contributed by atoms with van der Waals surface area (Å²) in [6.45, 7) is 0. The summed E-state index contributed by atoms with van der Waals surface area (Å²) in [5.74, 6) is 0. The summed E-state index contributed by atoms with van der Waals surface area (Å²) in [6, 6.07) is 0. The van der Waals surface area contributed by atoms with Crippen LogP contribution in [0.3, 0.4) is 0 Å². The molecule has 18 heavy (non-hydrogen) atoms. The Morgan fingerprint density at radius 2 is 0.944 bits per heavy atom. The van der Waals surface area contributed by atoms with Crippen LogP contribution < -0.4 is 10.4 Å². The monoisotopic (exact) mass is 314 g/mol. The zero-order valence-electron chi connectivity index (χ0n) is 11.2. The quantitative estimate of drug-likeness (QED) is 0.470. The Kier molecular flexibility index (Phi) is 3.58. The molecule has 0 aromatic rings. The molecule has 0 unspecified atom stereocenters. The molecule has 1 saturated heterocycles. The molecule has 0 spiro atoms. The van der Waals surface area contributed by atoms with E-state index in [0.717, 1.165) is 24.1 Å². The van der Waals surface area contributed by atoms with Gasteiger partial charge in [-0.3, -0.25) is 0 Å². The number of nitrogens with zero attached hydrogens (tertiary/aromatic N) is 4. The first-order valence-electron chi connectivity index (χ1n) is 5.05. The predicted octanol–water partition coefficient (Wildman–Crippen LogP) is 2.13. The molecule has 1 fully saturated rings. The van der Waals surface area contributed by atoms with Crippen molar-refractivity contribution in [1.82, 2.24) is 29.3 Å². The van der Waals surface area contributed by atoms with Gasteiger partial charge in [0.05, 0.1) is 0 Å². The Hall–Kier alpha value is 0.340. The predicted molar refractivity (Wildman–Crippen MR) is 67.4 cm³/mol. The molecule has 0 amide bonds. The molecule has 6 nitrogen and oxygen atoms in total. The fourth-order valence-corrected chi connectivity index (χ4v) is 9.92. The minimum atomic E-state index is -5.96. The molecule has 0 radical (unpaired) electrons. The van der Waals surface area contributed by atoms with Gasteiger partial charge >= 0.3 is 104 Å². The third kappa shape index (κ3) is 1.96. The standard InChI is InChI=1S/C6H20F4N6P2/c1-13(2)11-17(7,8)15(5)18(9,10,16(17)6)12-14(3)4/h11-12H,1-6H3. The molecule has 0 aliphatic carbocycles. The van der Waals surface area contributed by atoms with Crippen molar-refractivity contribution in [1.29, 1.82) is 0 Å². The van der Waals surface area contributed by atoms with Gasteiger partial charge in [-0.05, 0) is 0 Å². The molecule has 1 rings (SSSR count). The van der Waals surface area contributed by atoms with Crippen LogP contribution >= 0.6 is 15.4 Å². The molecule has 112 valence electrons. The summed E-state index contributed by atoms with van der Waals surface area (Å²) in [6.07, 6.45) is 0. The molecular weight excluding hydrogens is 294 g/mol. The first kappa shape index (κ1) is 16.4. The first-order valence-corrected chi connectivity index (χ1v) is 8.90. The number of hydrogen-bond acceptors (Lipinski definition) is 6. The zero-order chi connectivity index (χ0) is 14.6. The fourth-order valence-electron chi connectivity index (χ4n) is 1.78. The van der Waals surface area contributed by atoms with Gasteiger partial charge in [-0.2, -0.15) is 0 Å². The van der Waals surface area contributed by atoms with Crippen molar-refractivity contribution in [2.24, 2.45) is 0 Å². The van der Waals surface area contributed by atoms with E-state index >= 15 is 0 Å². The Morgan fingerprint density at radius 1 is 0.722 bits per heavy atom. The van der Waals surface area contributed by atoms with E-state index < -0.39 is 15.4 Å². The van der Waals surface area contributed by atoms with E-state index in [2.05, 4.69) is 0 Å². The molecule has 2 N–H and O–H groups in total. The molecular formula is C6H20F4N6P2. The molecule has 0 aromatic carbocycles. The molecule has 1 aliphatic heterocycles. The van der Waals surface area contributed by atoms with Crippen molar-refractivity contribution in [3.8, 4) is 0 Å². The van der Waals surface area contributed by atoms with Crippen LogP contribution in [0.5, 0.6) is 0 Å². The van der Waals surface area contributed by atoms with Gasteiger partial charge in [0, 0.05) is 0 Å². The maximum atomic E-state index is 14.5. The van der Waals surface area contributed by atoms with Gasteiger partial charge in [0.2, 0.25) is 0 Å². The summed E-state index contributed by atoms with van der Waals surface area (Å²) < 4.78 is 57.7.